The van der Waals surface area contributed by atoms with Gasteiger partial charge in [-0.1, -0.05) is 17.0 Å². The zero-order valence-corrected chi connectivity index (χ0v) is 12.3. The topological polar surface area (TPSA) is 114 Å². The van der Waals surface area contributed by atoms with Crippen LogP contribution in [0.5, 0.6) is 0 Å². The van der Waals surface area contributed by atoms with Gasteiger partial charge in [0.2, 0.25) is 5.89 Å². The fourth-order valence-electron chi connectivity index (χ4n) is 1.92. The van der Waals surface area contributed by atoms with Gasteiger partial charge in [0.25, 0.3) is 10.8 Å². The van der Waals surface area contributed by atoms with Crippen LogP contribution >= 0.6 is 11.8 Å². The number of nitrogens with zero attached hydrogens (tertiary/aromatic N) is 7. The first-order chi connectivity index (χ1) is 10.0. The maximum absolute atomic E-state index is 12.2. The van der Waals surface area contributed by atoms with Crippen molar-refractivity contribution in [1.29, 1.82) is 0 Å². The molecule has 110 valence electrons. The summed E-state index contributed by atoms with van der Waals surface area (Å²) in [5, 5.41) is 15.9. The molecule has 0 radical (unpaired) electrons. The summed E-state index contributed by atoms with van der Waals surface area (Å²) in [6, 6.07) is 0. The Labute approximate surface area is 121 Å². The molecule has 0 unspecified atom stereocenters. The summed E-state index contributed by atoms with van der Waals surface area (Å²) in [5.74, 6) is 0.307. The van der Waals surface area contributed by atoms with E-state index in [9.17, 15) is 9.59 Å². The van der Waals surface area contributed by atoms with Gasteiger partial charge in [-0.3, -0.25) is 13.9 Å². The van der Waals surface area contributed by atoms with Crippen LogP contribution in [0.15, 0.2) is 19.2 Å². The fraction of sp³-hybridized carbons (Fsp3) is 0.400. The average molecular weight is 309 g/mol. The van der Waals surface area contributed by atoms with Crippen LogP contribution in [-0.2, 0) is 20.6 Å². The van der Waals surface area contributed by atoms with Crippen molar-refractivity contribution in [3.63, 3.8) is 0 Å². The molecule has 0 saturated carbocycles. The fourth-order valence-corrected chi connectivity index (χ4v) is 2.22. The molecule has 0 amide bonds. The normalized spacial score (nSPS) is 11.4. The van der Waals surface area contributed by atoms with E-state index < -0.39 is 11.2 Å². The molecule has 0 N–H and O–H groups in total. The molecule has 10 nitrogen and oxygen atoms in total. The summed E-state index contributed by atoms with van der Waals surface area (Å²) in [6.07, 6.45) is 1.81. The maximum atomic E-state index is 12.2. The first kappa shape index (κ1) is 13.5. The minimum atomic E-state index is -0.470. The lowest BCUT2D eigenvalue weighted by atomic mass is 10.5. The molecular formula is C10H11N7O3S. The Morgan fingerprint density at radius 2 is 1.90 bits per heavy atom. The van der Waals surface area contributed by atoms with E-state index in [0.717, 1.165) is 4.57 Å². The zero-order chi connectivity index (χ0) is 15.1. The standard InChI is InChI=1S/C10H11N7O3S/c1-15-7-6(8(18)16(2)10(15)19)17(14-12-7)4-5-11-13-9(20-5)21-3/h4H2,1-3H3. The third-order valence-corrected chi connectivity index (χ3v) is 3.54. The van der Waals surface area contributed by atoms with Crippen LogP contribution in [0.4, 0.5) is 0 Å². The Hall–Kier alpha value is -2.43. The van der Waals surface area contributed by atoms with E-state index in [1.165, 1.54) is 35.1 Å². The highest BCUT2D eigenvalue weighted by molar-refractivity contribution is 7.98. The van der Waals surface area contributed by atoms with Crippen molar-refractivity contribution >= 4 is 22.9 Å². The van der Waals surface area contributed by atoms with Crippen molar-refractivity contribution in [2.24, 2.45) is 14.1 Å². The number of aromatic nitrogens is 7. The highest BCUT2D eigenvalue weighted by Crippen LogP contribution is 2.13. The quantitative estimate of drug-likeness (QED) is 0.565. The molecular weight excluding hydrogens is 298 g/mol. The third kappa shape index (κ3) is 2.05. The van der Waals surface area contributed by atoms with Crippen LogP contribution in [0.3, 0.4) is 0 Å². The van der Waals surface area contributed by atoms with Gasteiger partial charge in [0.15, 0.2) is 11.2 Å². The molecule has 3 aromatic rings. The molecule has 3 heterocycles. The minimum Gasteiger partial charge on any atom is -0.414 e. The summed E-state index contributed by atoms with van der Waals surface area (Å²) in [5.41, 5.74) is -0.499. The molecule has 0 aliphatic rings. The zero-order valence-electron chi connectivity index (χ0n) is 11.5. The first-order valence-electron chi connectivity index (χ1n) is 5.88. The maximum Gasteiger partial charge on any atom is 0.332 e. The molecule has 3 rings (SSSR count). The minimum absolute atomic E-state index is 0.109. The van der Waals surface area contributed by atoms with Gasteiger partial charge in [0.05, 0.1) is 0 Å². The molecule has 0 saturated heterocycles. The van der Waals surface area contributed by atoms with E-state index >= 15 is 0 Å². The largest absolute Gasteiger partial charge is 0.414 e. The molecule has 3 aromatic heterocycles. The predicted octanol–water partition coefficient (Wildman–Crippen LogP) is -1.02. The van der Waals surface area contributed by atoms with Gasteiger partial charge in [-0.2, -0.15) is 0 Å². The number of hydrogen-bond acceptors (Lipinski definition) is 8. The number of fused-ring (bicyclic) bond motifs is 1. The van der Waals surface area contributed by atoms with Crippen LogP contribution in [0.2, 0.25) is 0 Å². The van der Waals surface area contributed by atoms with E-state index in [1.807, 2.05) is 6.26 Å². The van der Waals surface area contributed by atoms with Crippen LogP contribution < -0.4 is 11.2 Å². The average Bonchev–Trinajstić information content (AvgIpc) is 3.10. The lowest BCUT2D eigenvalue weighted by molar-refractivity contribution is 0.398. The second kappa shape index (κ2) is 4.84. The van der Waals surface area contributed by atoms with Gasteiger partial charge in [-0.05, 0) is 6.26 Å². The smallest absolute Gasteiger partial charge is 0.332 e. The Bertz CT molecular complexity index is 934. The highest BCUT2D eigenvalue weighted by Gasteiger charge is 2.17. The number of thioether (sulfide) groups is 1. The molecule has 0 spiro atoms. The van der Waals surface area contributed by atoms with Gasteiger partial charge in [-0.25, -0.2) is 9.48 Å². The number of hydrogen-bond donors (Lipinski definition) is 0. The van der Waals surface area contributed by atoms with Gasteiger partial charge < -0.3 is 4.42 Å². The van der Waals surface area contributed by atoms with Crippen LogP contribution in [0.1, 0.15) is 5.89 Å². The molecule has 0 atom stereocenters. The molecule has 0 aliphatic carbocycles. The second-order valence-electron chi connectivity index (χ2n) is 4.29. The Morgan fingerprint density at radius 1 is 1.14 bits per heavy atom. The highest BCUT2D eigenvalue weighted by atomic mass is 32.2. The van der Waals surface area contributed by atoms with E-state index in [-0.39, 0.29) is 17.7 Å². The second-order valence-corrected chi connectivity index (χ2v) is 5.05. The van der Waals surface area contributed by atoms with Gasteiger partial charge in [-0.15, -0.1) is 15.3 Å². The number of rotatable bonds is 3. The Kier molecular flexibility index (Phi) is 3.12. The summed E-state index contributed by atoms with van der Waals surface area (Å²) in [7, 11) is 2.93. The van der Waals surface area contributed by atoms with Gasteiger partial charge >= 0.3 is 5.69 Å². The molecule has 0 bridgehead atoms. The Balaban J connectivity index is 2.16. The number of aryl methyl sites for hydroxylation is 1. The summed E-state index contributed by atoms with van der Waals surface area (Å²) >= 11 is 1.32. The van der Waals surface area contributed by atoms with E-state index in [0.29, 0.717) is 11.1 Å². The lowest BCUT2D eigenvalue weighted by Gasteiger charge is -2.03. The van der Waals surface area contributed by atoms with Crippen LogP contribution in [0, 0.1) is 0 Å². The van der Waals surface area contributed by atoms with E-state index in [2.05, 4.69) is 20.5 Å². The van der Waals surface area contributed by atoms with Crippen molar-refractivity contribution in [3.05, 3.63) is 26.7 Å². The van der Waals surface area contributed by atoms with Crippen molar-refractivity contribution in [2.45, 2.75) is 11.8 Å². The monoisotopic (exact) mass is 309 g/mol. The first-order valence-corrected chi connectivity index (χ1v) is 7.11. The lowest BCUT2D eigenvalue weighted by Crippen LogP contribution is -2.37. The summed E-state index contributed by atoms with van der Waals surface area (Å²) in [4.78, 5) is 24.0. The SMILES string of the molecule is CSc1nnc(Cn2nnc3c2c(=O)n(C)c(=O)n3C)o1. The summed E-state index contributed by atoms with van der Waals surface area (Å²) in [6.45, 7) is 0.109. The molecule has 0 aromatic carbocycles. The predicted molar refractivity (Wildman–Crippen MR) is 73.2 cm³/mol. The van der Waals surface area contributed by atoms with E-state index in [4.69, 9.17) is 4.42 Å². The van der Waals surface area contributed by atoms with Gasteiger partial charge in [0, 0.05) is 14.1 Å². The van der Waals surface area contributed by atoms with Gasteiger partial charge in [0.1, 0.15) is 6.54 Å². The third-order valence-electron chi connectivity index (χ3n) is 3.02. The molecule has 0 aliphatic heterocycles. The van der Waals surface area contributed by atoms with Crippen molar-refractivity contribution in [2.75, 3.05) is 6.26 Å². The summed E-state index contributed by atoms with van der Waals surface area (Å²) < 4.78 is 8.96. The molecule has 0 fully saturated rings. The molecule has 11 heteroatoms. The van der Waals surface area contributed by atoms with Crippen LogP contribution in [-0.4, -0.2) is 40.6 Å². The van der Waals surface area contributed by atoms with E-state index in [1.54, 1.807) is 0 Å². The van der Waals surface area contributed by atoms with Crippen molar-refractivity contribution in [3.8, 4) is 0 Å². The Morgan fingerprint density at radius 3 is 2.57 bits per heavy atom. The van der Waals surface area contributed by atoms with Crippen LogP contribution in [0.25, 0.3) is 11.2 Å². The van der Waals surface area contributed by atoms with Crippen molar-refractivity contribution in [1.82, 2.24) is 34.3 Å². The molecule has 21 heavy (non-hydrogen) atoms. The van der Waals surface area contributed by atoms with Crippen molar-refractivity contribution < 1.29 is 4.42 Å².